The van der Waals surface area contributed by atoms with Crippen LogP contribution in [0.25, 0.3) is 0 Å². The van der Waals surface area contributed by atoms with Crippen molar-refractivity contribution in [1.82, 2.24) is 0 Å². The monoisotopic (exact) mass is 854 g/mol. The lowest BCUT2D eigenvalue weighted by Gasteiger charge is -2.28. The van der Waals surface area contributed by atoms with Crippen LogP contribution < -0.4 is 9.47 Å². The van der Waals surface area contributed by atoms with Crippen molar-refractivity contribution in [2.24, 2.45) is 11.8 Å². The Balaban J connectivity index is 1.89. The molecule has 1 aliphatic carbocycles. The van der Waals surface area contributed by atoms with Crippen molar-refractivity contribution in [3.8, 4) is 11.5 Å². The van der Waals surface area contributed by atoms with E-state index in [4.69, 9.17) is 9.29 Å². The number of carbonyl (C=O) groups is 2. The lowest BCUT2D eigenvalue weighted by molar-refractivity contribution is -0.152. The Kier molecular flexibility index (Phi) is 9.29. The van der Waals surface area contributed by atoms with Gasteiger partial charge >= 0.3 is 22.1 Å². The Morgan fingerprint density at radius 1 is 0.800 bits per heavy atom. The minimum atomic E-state index is -5.67. The van der Waals surface area contributed by atoms with Crippen LogP contribution in [0.1, 0.15) is 25.7 Å². The highest BCUT2D eigenvalue weighted by Gasteiger charge is 2.41. The van der Waals surface area contributed by atoms with E-state index in [1.54, 1.807) is 12.1 Å². The maximum Gasteiger partial charge on any atom is 0.315 e. The van der Waals surface area contributed by atoms with Crippen LogP contribution in [0.2, 0.25) is 0 Å². The summed E-state index contributed by atoms with van der Waals surface area (Å²) in [6.45, 7) is 0. The predicted molar refractivity (Wildman–Crippen MR) is 137 cm³/mol. The minimum absolute atomic E-state index is 0.0662. The van der Waals surface area contributed by atoms with Crippen molar-refractivity contribution >= 4 is 89.8 Å². The van der Waals surface area contributed by atoms with E-state index in [9.17, 15) is 35.6 Å². The molecule has 2 atom stereocenters. The van der Waals surface area contributed by atoms with Crippen molar-refractivity contribution in [3.05, 3.63) is 46.1 Å². The summed E-state index contributed by atoms with van der Waals surface area (Å²) in [7, 11) is -5.67. The Labute approximate surface area is 237 Å². The van der Waals surface area contributed by atoms with Crippen LogP contribution in [0.3, 0.4) is 0 Å². The van der Waals surface area contributed by atoms with E-state index < -0.39 is 67.8 Å². The molecule has 7 nitrogen and oxygen atoms in total. The van der Waals surface area contributed by atoms with Gasteiger partial charge in [-0.15, -0.1) is 0 Å². The molecule has 190 valence electrons. The highest BCUT2D eigenvalue weighted by molar-refractivity contribution is 14.1. The lowest BCUT2D eigenvalue weighted by Crippen LogP contribution is -2.37. The van der Waals surface area contributed by atoms with E-state index in [-0.39, 0.29) is 18.6 Å². The van der Waals surface area contributed by atoms with Gasteiger partial charge in [0, 0.05) is 3.57 Å². The van der Waals surface area contributed by atoms with E-state index >= 15 is 0 Å². The zero-order valence-corrected chi connectivity index (χ0v) is 24.4. The van der Waals surface area contributed by atoms with Crippen LogP contribution in [0, 0.1) is 45.8 Å². The summed E-state index contributed by atoms with van der Waals surface area (Å²) < 4.78 is 100.0. The second-order valence-corrected chi connectivity index (χ2v) is 12.4. The van der Waals surface area contributed by atoms with E-state index in [1.165, 1.54) is 0 Å². The smallest absolute Gasteiger partial charge is 0.315 e. The molecule has 35 heavy (non-hydrogen) atoms. The molecule has 1 fully saturated rings. The third kappa shape index (κ3) is 6.20. The standard InChI is InChI=1S/C20H13F4I3O7S/c21-12-14(23)18(35(30,31)32)15(24)13(22)17(12)34-20(29)9-4-2-1-3-8(9)19(28)33-16-10(26)5-7(25)6-11(16)27/h5-6,8-9H,1-4H2,(H,30,31,32). The summed E-state index contributed by atoms with van der Waals surface area (Å²) in [5.74, 6) is -15.6. The highest BCUT2D eigenvalue weighted by atomic mass is 127. The molecule has 0 spiro atoms. The zero-order chi connectivity index (χ0) is 26.2. The van der Waals surface area contributed by atoms with Gasteiger partial charge in [0.05, 0.1) is 19.0 Å². The van der Waals surface area contributed by atoms with E-state index in [2.05, 4.69) is 27.3 Å². The second-order valence-electron chi connectivity index (χ2n) is 7.43. The average molecular weight is 854 g/mol. The van der Waals surface area contributed by atoms with Gasteiger partial charge in [-0.25, -0.2) is 8.78 Å². The number of hydrogen-bond acceptors (Lipinski definition) is 6. The van der Waals surface area contributed by atoms with Crippen LogP contribution in [-0.4, -0.2) is 24.9 Å². The van der Waals surface area contributed by atoms with Crippen LogP contribution in [0.5, 0.6) is 11.5 Å². The molecule has 2 aromatic carbocycles. The first-order chi connectivity index (χ1) is 16.2. The average Bonchev–Trinajstić information content (AvgIpc) is 2.76. The van der Waals surface area contributed by atoms with Gasteiger partial charge < -0.3 is 9.47 Å². The van der Waals surface area contributed by atoms with Crippen molar-refractivity contribution in [3.63, 3.8) is 0 Å². The first-order valence-electron chi connectivity index (χ1n) is 9.65. The fourth-order valence-corrected chi connectivity index (χ4v) is 8.02. The normalized spacial score (nSPS) is 18.3. The Morgan fingerprint density at radius 2 is 1.20 bits per heavy atom. The van der Waals surface area contributed by atoms with Crippen molar-refractivity contribution in [1.29, 1.82) is 0 Å². The molecule has 0 heterocycles. The zero-order valence-electron chi connectivity index (χ0n) is 17.1. The number of carbonyl (C=O) groups excluding carboxylic acids is 2. The summed E-state index contributed by atoms with van der Waals surface area (Å²) in [6, 6.07) is 3.53. The number of halogens is 7. The van der Waals surface area contributed by atoms with E-state index in [0.717, 1.165) is 3.57 Å². The Morgan fingerprint density at radius 3 is 1.60 bits per heavy atom. The largest absolute Gasteiger partial charge is 0.424 e. The molecule has 2 aromatic rings. The van der Waals surface area contributed by atoms with Gasteiger partial charge in [0.25, 0.3) is 0 Å². The first-order valence-corrected chi connectivity index (χ1v) is 14.3. The summed E-state index contributed by atoms with van der Waals surface area (Å²) in [4.78, 5) is 23.4. The lowest BCUT2D eigenvalue weighted by atomic mass is 9.79. The van der Waals surface area contributed by atoms with Gasteiger partial charge in [-0.1, -0.05) is 12.8 Å². The van der Waals surface area contributed by atoms with Gasteiger partial charge in [-0.2, -0.15) is 17.2 Å². The highest BCUT2D eigenvalue weighted by Crippen LogP contribution is 2.37. The van der Waals surface area contributed by atoms with Crippen LogP contribution >= 0.6 is 67.8 Å². The number of hydrogen-bond donors (Lipinski definition) is 1. The molecular formula is C20H13F4I3O7S. The molecule has 3 rings (SSSR count). The summed E-state index contributed by atoms with van der Waals surface area (Å²) in [5.41, 5.74) is 0. The van der Waals surface area contributed by atoms with Crippen LogP contribution in [0.4, 0.5) is 17.6 Å². The van der Waals surface area contributed by atoms with Gasteiger partial charge in [-0.3, -0.25) is 14.1 Å². The van der Waals surface area contributed by atoms with E-state index in [1.807, 2.05) is 45.2 Å². The molecule has 1 aliphatic rings. The predicted octanol–water partition coefficient (Wildman–Crippen LogP) is 5.62. The van der Waals surface area contributed by atoms with Crippen molar-refractivity contribution in [2.45, 2.75) is 30.6 Å². The molecule has 15 heteroatoms. The molecule has 0 saturated heterocycles. The van der Waals surface area contributed by atoms with Crippen molar-refractivity contribution in [2.75, 3.05) is 0 Å². The van der Waals surface area contributed by atoms with Crippen LogP contribution in [-0.2, 0) is 19.7 Å². The number of rotatable bonds is 5. The summed E-state index contributed by atoms with van der Waals surface area (Å²) >= 11 is 6.04. The fourth-order valence-electron chi connectivity index (χ4n) is 3.58. The van der Waals surface area contributed by atoms with Crippen molar-refractivity contribution < 1.29 is 49.6 Å². The second kappa shape index (κ2) is 11.3. The third-order valence-corrected chi connectivity index (χ3v) is 8.28. The molecule has 0 aromatic heterocycles. The number of benzene rings is 2. The number of ether oxygens (including phenoxy) is 2. The van der Waals surface area contributed by atoms with E-state index in [0.29, 0.717) is 20.0 Å². The topological polar surface area (TPSA) is 107 Å². The third-order valence-electron chi connectivity index (χ3n) is 5.18. The fraction of sp³-hybridized carbons (Fsp3) is 0.300. The molecular weight excluding hydrogens is 841 g/mol. The molecule has 0 amide bonds. The molecule has 0 aliphatic heterocycles. The molecule has 0 radical (unpaired) electrons. The molecule has 0 bridgehead atoms. The molecule has 2 unspecified atom stereocenters. The Bertz CT molecular complexity index is 1270. The van der Waals surface area contributed by atoms with Gasteiger partial charge in [-0.05, 0) is 92.7 Å². The summed E-state index contributed by atoms with van der Waals surface area (Å²) in [5, 5.41) is 0. The maximum absolute atomic E-state index is 14.3. The Hall–Kier alpha value is -0.800. The SMILES string of the molecule is O=C(Oc1c(I)cc(I)cc1I)C1CCCCC1C(=O)Oc1c(F)c(F)c(S(=O)(=O)O)c(F)c1F. The molecule has 1 saturated carbocycles. The first kappa shape index (κ1) is 28.8. The van der Waals surface area contributed by atoms with Gasteiger partial charge in [0.1, 0.15) is 0 Å². The number of esters is 2. The molecule has 1 N–H and O–H groups in total. The summed E-state index contributed by atoms with van der Waals surface area (Å²) in [6.07, 6.45) is 1.25. The minimum Gasteiger partial charge on any atom is -0.424 e. The van der Waals surface area contributed by atoms with Gasteiger partial charge in [0.15, 0.2) is 22.3 Å². The quantitative estimate of drug-likeness (QED) is 0.104. The van der Waals surface area contributed by atoms with Gasteiger partial charge in [0.2, 0.25) is 17.4 Å². The van der Waals surface area contributed by atoms with Crippen LogP contribution in [0.15, 0.2) is 17.0 Å². The maximum atomic E-state index is 14.3.